The van der Waals surface area contributed by atoms with Crippen molar-refractivity contribution >= 4 is 33.4 Å². The number of benzene rings is 1. The number of primary amides is 1. The third kappa shape index (κ3) is 3.22. The van der Waals surface area contributed by atoms with Crippen LogP contribution in [0.4, 0.5) is 5.69 Å². The third-order valence-electron chi connectivity index (χ3n) is 2.53. The summed E-state index contributed by atoms with van der Waals surface area (Å²) < 4.78 is 0.509. The fourth-order valence-electron chi connectivity index (χ4n) is 1.51. The van der Waals surface area contributed by atoms with Crippen molar-refractivity contribution in [3.63, 3.8) is 0 Å². The van der Waals surface area contributed by atoms with Gasteiger partial charge in [0.25, 0.3) is 5.91 Å². The van der Waals surface area contributed by atoms with E-state index in [2.05, 4.69) is 21.2 Å². The summed E-state index contributed by atoms with van der Waals surface area (Å²) >= 11 is 3.24. The Morgan fingerprint density at radius 2 is 1.94 bits per heavy atom. The molecule has 0 heterocycles. The van der Waals surface area contributed by atoms with E-state index in [1.54, 1.807) is 18.2 Å². The minimum absolute atomic E-state index is 0.0775. The van der Waals surface area contributed by atoms with Crippen LogP contribution in [0.25, 0.3) is 0 Å². The molecular weight excluding hydrogens is 298 g/mol. The summed E-state index contributed by atoms with van der Waals surface area (Å²) in [5.74, 6) is -1.02. The Hall–Kier alpha value is -1.56. The Morgan fingerprint density at radius 3 is 2.44 bits per heavy atom. The van der Waals surface area contributed by atoms with E-state index in [9.17, 15) is 9.59 Å². The van der Waals surface area contributed by atoms with Crippen molar-refractivity contribution in [3.05, 3.63) is 28.2 Å². The van der Waals surface area contributed by atoms with Gasteiger partial charge in [0.05, 0.1) is 10.0 Å². The van der Waals surface area contributed by atoms with E-state index in [1.165, 1.54) is 0 Å². The second kappa shape index (κ2) is 5.86. The minimum Gasteiger partial charge on any atom is -0.398 e. The van der Waals surface area contributed by atoms with Gasteiger partial charge in [-0.2, -0.15) is 0 Å². The topological polar surface area (TPSA) is 98.2 Å². The van der Waals surface area contributed by atoms with Crippen molar-refractivity contribution < 1.29 is 9.59 Å². The third-order valence-corrected chi connectivity index (χ3v) is 3.42. The van der Waals surface area contributed by atoms with Crippen molar-refractivity contribution in [2.24, 2.45) is 11.7 Å². The Balaban J connectivity index is 2.94. The molecule has 0 aromatic heterocycles. The number of halogens is 1. The van der Waals surface area contributed by atoms with E-state index < -0.39 is 11.9 Å². The molecule has 0 bridgehead atoms. The van der Waals surface area contributed by atoms with Gasteiger partial charge in [-0.05, 0) is 34.0 Å². The maximum absolute atomic E-state index is 12.0. The van der Waals surface area contributed by atoms with Gasteiger partial charge in [0.1, 0.15) is 6.04 Å². The molecule has 0 saturated carbocycles. The molecule has 5 N–H and O–H groups in total. The standard InChI is InChI=1S/C12H16BrN3O2/c1-6(2)10(11(15)17)16-12(18)7-4-3-5-8(14)9(7)13/h3-6,10H,14H2,1-2H3,(H2,15,17)(H,16,18). The average Bonchev–Trinajstić information content (AvgIpc) is 2.28. The van der Waals surface area contributed by atoms with E-state index in [0.29, 0.717) is 15.7 Å². The highest BCUT2D eigenvalue weighted by Crippen LogP contribution is 2.23. The first kappa shape index (κ1) is 14.5. The summed E-state index contributed by atoms with van der Waals surface area (Å²) in [4.78, 5) is 23.3. The molecule has 1 unspecified atom stereocenters. The summed E-state index contributed by atoms with van der Waals surface area (Å²) in [5.41, 5.74) is 11.8. The molecule has 2 amide bonds. The van der Waals surface area contributed by atoms with Crippen LogP contribution in [0.3, 0.4) is 0 Å². The number of hydrogen-bond acceptors (Lipinski definition) is 3. The molecule has 0 aliphatic rings. The number of hydrogen-bond donors (Lipinski definition) is 3. The molecule has 1 rings (SSSR count). The molecule has 1 aromatic rings. The number of nitrogen functional groups attached to an aromatic ring is 1. The zero-order valence-electron chi connectivity index (χ0n) is 10.2. The zero-order valence-corrected chi connectivity index (χ0v) is 11.8. The van der Waals surface area contributed by atoms with E-state index in [4.69, 9.17) is 11.5 Å². The molecule has 18 heavy (non-hydrogen) atoms. The Bertz CT molecular complexity index is 474. The minimum atomic E-state index is -0.703. The number of anilines is 1. The van der Waals surface area contributed by atoms with E-state index in [-0.39, 0.29) is 11.8 Å². The molecule has 6 heteroatoms. The predicted molar refractivity (Wildman–Crippen MR) is 73.8 cm³/mol. The normalized spacial score (nSPS) is 12.2. The predicted octanol–water partition coefficient (Wildman–Crippen LogP) is 1.27. The highest BCUT2D eigenvalue weighted by molar-refractivity contribution is 9.10. The van der Waals surface area contributed by atoms with Gasteiger partial charge in [0.2, 0.25) is 5.91 Å². The van der Waals surface area contributed by atoms with Crippen LogP contribution < -0.4 is 16.8 Å². The van der Waals surface area contributed by atoms with E-state index in [1.807, 2.05) is 13.8 Å². The Kier molecular flexibility index (Phi) is 4.72. The molecule has 98 valence electrons. The Labute approximate surface area is 114 Å². The number of nitrogens with two attached hydrogens (primary N) is 2. The van der Waals surface area contributed by atoms with Crippen LogP contribution in [0.1, 0.15) is 24.2 Å². The van der Waals surface area contributed by atoms with Gasteiger partial charge in [0, 0.05) is 5.69 Å². The molecule has 0 saturated heterocycles. The lowest BCUT2D eigenvalue weighted by Gasteiger charge is -2.19. The van der Waals surface area contributed by atoms with Gasteiger partial charge in [-0.15, -0.1) is 0 Å². The molecule has 1 aromatic carbocycles. The maximum Gasteiger partial charge on any atom is 0.253 e. The molecule has 5 nitrogen and oxygen atoms in total. The average molecular weight is 314 g/mol. The Morgan fingerprint density at radius 1 is 1.33 bits per heavy atom. The SMILES string of the molecule is CC(C)C(NC(=O)c1cccc(N)c1Br)C(N)=O. The fourth-order valence-corrected chi connectivity index (χ4v) is 1.95. The van der Waals surface area contributed by atoms with Gasteiger partial charge >= 0.3 is 0 Å². The zero-order chi connectivity index (χ0) is 13.9. The molecule has 0 aliphatic carbocycles. The van der Waals surface area contributed by atoms with Gasteiger partial charge in [-0.3, -0.25) is 9.59 Å². The maximum atomic E-state index is 12.0. The van der Waals surface area contributed by atoms with Gasteiger partial charge in [-0.25, -0.2) is 0 Å². The summed E-state index contributed by atoms with van der Waals surface area (Å²) in [6.45, 7) is 3.62. The van der Waals surface area contributed by atoms with Gasteiger partial charge < -0.3 is 16.8 Å². The monoisotopic (exact) mass is 313 g/mol. The second-order valence-corrected chi connectivity index (χ2v) is 5.10. The summed E-state index contributed by atoms with van der Waals surface area (Å²) in [5, 5.41) is 2.60. The highest BCUT2D eigenvalue weighted by Gasteiger charge is 2.23. The van der Waals surface area contributed by atoms with E-state index in [0.717, 1.165) is 0 Å². The summed E-state index contributed by atoms with van der Waals surface area (Å²) in [6.07, 6.45) is 0. The number of amides is 2. The van der Waals surface area contributed by atoms with Crippen LogP contribution >= 0.6 is 15.9 Å². The number of rotatable bonds is 4. The van der Waals surface area contributed by atoms with Crippen LogP contribution in [-0.4, -0.2) is 17.9 Å². The molecule has 0 fully saturated rings. The van der Waals surface area contributed by atoms with Crippen molar-refractivity contribution in [3.8, 4) is 0 Å². The van der Waals surface area contributed by atoms with Crippen LogP contribution in [0.5, 0.6) is 0 Å². The summed E-state index contributed by atoms with van der Waals surface area (Å²) in [7, 11) is 0. The fraction of sp³-hybridized carbons (Fsp3) is 0.333. The van der Waals surface area contributed by atoms with Crippen LogP contribution in [0.2, 0.25) is 0 Å². The quantitative estimate of drug-likeness (QED) is 0.730. The molecule has 1 atom stereocenters. The first-order valence-electron chi connectivity index (χ1n) is 5.48. The number of nitrogens with one attached hydrogen (secondary N) is 1. The van der Waals surface area contributed by atoms with Crippen molar-refractivity contribution in [1.82, 2.24) is 5.32 Å². The van der Waals surface area contributed by atoms with Crippen LogP contribution in [0, 0.1) is 5.92 Å². The van der Waals surface area contributed by atoms with Crippen molar-refractivity contribution in [1.29, 1.82) is 0 Å². The number of carbonyl (C=O) groups excluding carboxylic acids is 2. The lowest BCUT2D eigenvalue weighted by molar-refractivity contribution is -0.120. The van der Waals surface area contributed by atoms with Crippen LogP contribution in [0.15, 0.2) is 22.7 Å². The molecular formula is C12H16BrN3O2. The highest BCUT2D eigenvalue weighted by atomic mass is 79.9. The number of carbonyl (C=O) groups is 2. The molecule has 0 radical (unpaired) electrons. The summed E-state index contributed by atoms with van der Waals surface area (Å²) in [6, 6.07) is 4.26. The molecule has 0 spiro atoms. The second-order valence-electron chi connectivity index (χ2n) is 4.31. The molecule has 0 aliphatic heterocycles. The van der Waals surface area contributed by atoms with Crippen molar-refractivity contribution in [2.75, 3.05) is 5.73 Å². The van der Waals surface area contributed by atoms with Crippen molar-refractivity contribution in [2.45, 2.75) is 19.9 Å². The van der Waals surface area contributed by atoms with Gasteiger partial charge in [0.15, 0.2) is 0 Å². The first-order valence-corrected chi connectivity index (χ1v) is 6.28. The van der Waals surface area contributed by atoms with Crippen LogP contribution in [-0.2, 0) is 4.79 Å². The van der Waals surface area contributed by atoms with E-state index >= 15 is 0 Å². The largest absolute Gasteiger partial charge is 0.398 e. The lowest BCUT2D eigenvalue weighted by atomic mass is 10.0. The van der Waals surface area contributed by atoms with Gasteiger partial charge in [-0.1, -0.05) is 19.9 Å². The smallest absolute Gasteiger partial charge is 0.253 e. The lowest BCUT2D eigenvalue weighted by Crippen LogP contribution is -2.47. The first-order chi connectivity index (χ1) is 8.34.